The molecule has 1 fully saturated rings. The lowest BCUT2D eigenvalue weighted by Crippen LogP contribution is -2.39. The minimum Gasteiger partial charge on any atom is -0.317 e. The Morgan fingerprint density at radius 1 is 1.33 bits per heavy atom. The monoisotopic (exact) mass is 358 g/mol. The van der Waals surface area contributed by atoms with Crippen molar-refractivity contribution >= 4 is 22.6 Å². The van der Waals surface area contributed by atoms with Crippen LogP contribution in [0.4, 0.5) is 0 Å². The molecule has 18 heavy (non-hydrogen) atoms. The van der Waals surface area contributed by atoms with E-state index in [0.717, 1.165) is 19.0 Å². The zero-order valence-corrected chi connectivity index (χ0v) is 13.3. The van der Waals surface area contributed by atoms with Gasteiger partial charge in [0.05, 0.1) is 0 Å². The SMILES string of the molecule is CCNCC1CCCN(Cc2ccc(I)cc2)C1. The Morgan fingerprint density at radius 2 is 2.11 bits per heavy atom. The van der Waals surface area contributed by atoms with Crippen LogP contribution in [0, 0.1) is 9.49 Å². The summed E-state index contributed by atoms with van der Waals surface area (Å²) in [7, 11) is 0. The third-order valence-electron chi connectivity index (χ3n) is 3.61. The summed E-state index contributed by atoms with van der Waals surface area (Å²) in [6.07, 6.45) is 2.73. The van der Waals surface area contributed by atoms with Crippen LogP contribution in [0.25, 0.3) is 0 Å². The second kappa shape index (κ2) is 7.46. The maximum atomic E-state index is 3.48. The molecule has 1 aliphatic rings. The molecule has 1 N–H and O–H groups in total. The van der Waals surface area contributed by atoms with Crippen LogP contribution < -0.4 is 5.32 Å². The number of piperidine rings is 1. The van der Waals surface area contributed by atoms with Crippen molar-refractivity contribution in [3.8, 4) is 0 Å². The molecule has 2 rings (SSSR count). The second-order valence-corrected chi connectivity index (χ2v) is 6.42. The van der Waals surface area contributed by atoms with Crippen molar-refractivity contribution in [2.75, 3.05) is 26.2 Å². The number of likely N-dealkylation sites (tertiary alicyclic amines) is 1. The Hall–Kier alpha value is -0.130. The highest BCUT2D eigenvalue weighted by molar-refractivity contribution is 14.1. The van der Waals surface area contributed by atoms with E-state index in [9.17, 15) is 0 Å². The van der Waals surface area contributed by atoms with Gasteiger partial charge in [0.1, 0.15) is 0 Å². The van der Waals surface area contributed by atoms with Gasteiger partial charge in [-0.3, -0.25) is 4.90 Å². The molecular weight excluding hydrogens is 335 g/mol. The van der Waals surface area contributed by atoms with E-state index in [2.05, 4.69) is 64.0 Å². The Labute approximate surface area is 124 Å². The van der Waals surface area contributed by atoms with Gasteiger partial charge in [0.15, 0.2) is 0 Å². The van der Waals surface area contributed by atoms with Crippen LogP contribution in [-0.4, -0.2) is 31.1 Å². The van der Waals surface area contributed by atoms with E-state index in [-0.39, 0.29) is 0 Å². The number of nitrogens with one attached hydrogen (secondary N) is 1. The molecule has 0 saturated carbocycles. The van der Waals surface area contributed by atoms with Crippen molar-refractivity contribution in [2.45, 2.75) is 26.3 Å². The van der Waals surface area contributed by atoms with Gasteiger partial charge in [0.25, 0.3) is 0 Å². The lowest BCUT2D eigenvalue weighted by atomic mass is 9.97. The van der Waals surface area contributed by atoms with Gasteiger partial charge in [-0.2, -0.15) is 0 Å². The summed E-state index contributed by atoms with van der Waals surface area (Å²) in [4.78, 5) is 2.60. The van der Waals surface area contributed by atoms with Crippen molar-refractivity contribution in [1.29, 1.82) is 0 Å². The summed E-state index contributed by atoms with van der Waals surface area (Å²) < 4.78 is 1.32. The molecule has 1 heterocycles. The Balaban J connectivity index is 1.83. The lowest BCUT2D eigenvalue weighted by Gasteiger charge is -2.32. The smallest absolute Gasteiger partial charge is 0.0233 e. The van der Waals surface area contributed by atoms with E-state index in [1.54, 1.807) is 0 Å². The molecule has 100 valence electrons. The number of halogens is 1. The first-order valence-corrected chi connectivity index (χ1v) is 8.03. The molecule has 2 nitrogen and oxygen atoms in total. The molecule has 0 radical (unpaired) electrons. The first kappa shape index (κ1) is 14.3. The molecule has 0 bridgehead atoms. The fourth-order valence-corrected chi connectivity index (χ4v) is 3.02. The maximum Gasteiger partial charge on any atom is 0.0233 e. The normalized spacial score (nSPS) is 21.1. The average Bonchev–Trinajstić information content (AvgIpc) is 2.40. The molecule has 0 aliphatic carbocycles. The number of hydrogen-bond donors (Lipinski definition) is 1. The Morgan fingerprint density at radius 3 is 2.83 bits per heavy atom. The molecule has 3 heteroatoms. The molecule has 0 aromatic heterocycles. The third-order valence-corrected chi connectivity index (χ3v) is 4.32. The standard InChI is InChI=1S/C15H23IN2/c1-2-17-10-14-4-3-9-18(12-14)11-13-5-7-15(16)8-6-13/h5-8,14,17H,2-4,9-12H2,1H3. The molecule has 1 atom stereocenters. The van der Waals surface area contributed by atoms with Gasteiger partial charge in [-0.1, -0.05) is 19.1 Å². The summed E-state index contributed by atoms with van der Waals surface area (Å²) in [5.41, 5.74) is 1.44. The van der Waals surface area contributed by atoms with E-state index in [4.69, 9.17) is 0 Å². The molecule has 0 spiro atoms. The summed E-state index contributed by atoms with van der Waals surface area (Å²) in [5, 5.41) is 3.48. The first-order chi connectivity index (χ1) is 8.78. The quantitative estimate of drug-likeness (QED) is 0.814. The fourth-order valence-electron chi connectivity index (χ4n) is 2.66. The summed E-state index contributed by atoms with van der Waals surface area (Å²) in [6.45, 7) is 8.08. The molecule has 1 unspecified atom stereocenters. The predicted octanol–water partition coefficient (Wildman–Crippen LogP) is 3.11. The van der Waals surface area contributed by atoms with Gasteiger partial charge >= 0.3 is 0 Å². The summed E-state index contributed by atoms with van der Waals surface area (Å²) in [6, 6.07) is 8.93. The predicted molar refractivity (Wildman–Crippen MR) is 85.7 cm³/mol. The minimum absolute atomic E-state index is 0.836. The highest BCUT2D eigenvalue weighted by Crippen LogP contribution is 2.18. The van der Waals surface area contributed by atoms with Crippen LogP contribution in [-0.2, 0) is 6.54 Å². The van der Waals surface area contributed by atoms with Gasteiger partial charge in [0, 0.05) is 16.7 Å². The van der Waals surface area contributed by atoms with Crippen molar-refractivity contribution in [3.63, 3.8) is 0 Å². The van der Waals surface area contributed by atoms with Crippen LogP contribution in [0.2, 0.25) is 0 Å². The summed E-state index contributed by atoms with van der Waals surface area (Å²) in [5.74, 6) is 0.836. The maximum absolute atomic E-state index is 3.48. The first-order valence-electron chi connectivity index (χ1n) is 6.95. The van der Waals surface area contributed by atoms with E-state index >= 15 is 0 Å². The van der Waals surface area contributed by atoms with E-state index in [1.807, 2.05) is 0 Å². The largest absolute Gasteiger partial charge is 0.317 e. The zero-order valence-electron chi connectivity index (χ0n) is 11.2. The number of hydrogen-bond acceptors (Lipinski definition) is 2. The van der Waals surface area contributed by atoms with E-state index in [1.165, 1.54) is 41.6 Å². The fraction of sp³-hybridized carbons (Fsp3) is 0.600. The third kappa shape index (κ3) is 4.52. The molecule has 0 amide bonds. The Kier molecular flexibility index (Phi) is 5.92. The van der Waals surface area contributed by atoms with E-state index in [0.29, 0.717) is 0 Å². The second-order valence-electron chi connectivity index (χ2n) is 5.18. The van der Waals surface area contributed by atoms with Crippen molar-refractivity contribution < 1.29 is 0 Å². The van der Waals surface area contributed by atoms with Gasteiger partial charge in [-0.05, 0) is 78.7 Å². The van der Waals surface area contributed by atoms with Gasteiger partial charge < -0.3 is 5.32 Å². The van der Waals surface area contributed by atoms with Gasteiger partial charge in [-0.15, -0.1) is 0 Å². The Bertz CT molecular complexity index is 350. The minimum atomic E-state index is 0.836. The molecule has 1 aromatic rings. The highest BCUT2D eigenvalue weighted by atomic mass is 127. The van der Waals surface area contributed by atoms with Crippen LogP contribution >= 0.6 is 22.6 Å². The highest BCUT2D eigenvalue weighted by Gasteiger charge is 2.19. The lowest BCUT2D eigenvalue weighted by molar-refractivity contribution is 0.166. The van der Waals surface area contributed by atoms with Crippen molar-refractivity contribution in [3.05, 3.63) is 33.4 Å². The van der Waals surface area contributed by atoms with Crippen LogP contribution in [0.3, 0.4) is 0 Å². The number of nitrogens with zero attached hydrogens (tertiary/aromatic N) is 1. The topological polar surface area (TPSA) is 15.3 Å². The van der Waals surface area contributed by atoms with E-state index < -0.39 is 0 Å². The molecule has 1 aliphatic heterocycles. The molecular formula is C15H23IN2. The van der Waals surface area contributed by atoms with Gasteiger partial charge in [0.2, 0.25) is 0 Å². The zero-order chi connectivity index (χ0) is 12.8. The number of rotatable bonds is 5. The van der Waals surface area contributed by atoms with Crippen LogP contribution in [0.15, 0.2) is 24.3 Å². The summed E-state index contributed by atoms with van der Waals surface area (Å²) >= 11 is 2.36. The van der Waals surface area contributed by atoms with Gasteiger partial charge in [-0.25, -0.2) is 0 Å². The average molecular weight is 358 g/mol. The van der Waals surface area contributed by atoms with Crippen molar-refractivity contribution in [1.82, 2.24) is 10.2 Å². The van der Waals surface area contributed by atoms with Crippen molar-refractivity contribution in [2.24, 2.45) is 5.92 Å². The van der Waals surface area contributed by atoms with Crippen LogP contribution in [0.5, 0.6) is 0 Å². The van der Waals surface area contributed by atoms with Crippen LogP contribution in [0.1, 0.15) is 25.3 Å². The molecule has 1 saturated heterocycles. The number of benzene rings is 1. The molecule has 1 aromatic carbocycles.